The predicted octanol–water partition coefficient (Wildman–Crippen LogP) is 6.21. The van der Waals surface area contributed by atoms with Gasteiger partial charge in [-0.05, 0) is 68.9 Å². The molecule has 1 aliphatic rings. The summed E-state index contributed by atoms with van der Waals surface area (Å²) in [5.74, 6) is -1.89. The molecule has 1 aromatic heterocycles. The van der Waals surface area contributed by atoms with E-state index in [0.717, 1.165) is 5.01 Å². The number of carbonyl (C=O) groups is 3. The molecule has 0 bridgehead atoms. The molecular formula is C35H42N2O9S. The minimum absolute atomic E-state index is 0.0395. The number of esters is 1. The van der Waals surface area contributed by atoms with Crippen molar-refractivity contribution in [1.82, 2.24) is 10.3 Å². The smallest absolute Gasteiger partial charge is 0.342 e. The number of ketones is 1. The van der Waals surface area contributed by atoms with Crippen molar-refractivity contribution < 1.29 is 43.5 Å². The highest BCUT2D eigenvalue weighted by Gasteiger charge is 2.32. The minimum Gasteiger partial charge on any atom is -0.507 e. The van der Waals surface area contributed by atoms with Crippen LogP contribution in [0.5, 0.6) is 28.7 Å². The number of hydrogen-bond donors (Lipinski definition) is 3. The monoisotopic (exact) mass is 666 g/mol. The lowest BCUT2D eigenvalue weighted by Crippen LogP contribution is -2.25. The van der Waals surface area contributed by atoms with E-state index in [1.165, 1.54) is 38.7 Å². The Kier molecular flexibility index (Phi) is 12.2. The number of allylic oxidation sites excluding steroid dienone is 1. The molecule has 47 heavy (non-hydrogen) atoms. The maximum atomic E-state index is 13.7. The quantitative estimate of drug-likeness (QED) is 0.225. The second-order valence-electron chi connectivity index (χ2n) is 11.4. The topological polar surface area (TPSA) is 154 Å². The fraction of sp³-hybridized carbons (Fsp3) is 0.429. The zero-order valence-electron chi connectivity index (χ0n) is 27.4. The third-order valence-electron chi connectivity index (χ3n) is 8.01. The Morgan fingerprint density at radius 3 is 2.43 bits per heavy atom. The predicted molar refractivity (Wildman–Crippen MR) is 178 cm³/mol. The number of phenolic OH excluding ortho intramolecular Hbond substituents is 2. The van der Waals surface area contributed by atoms with Gasteiger partial charge in [0.1, 0.15) is 22.8 Å². The molecule has 2 heterocycles. The molecule has 0 saturated carbocycles. The van der Waals surface area contributed by atoms with E-state index in [2.05, 4.69) is 10.3 Å². The maximum Gasteiger partial charge on any atom is 0.342 e. The lowest BCUT2D eigenvalue weighted by molar-refractivity contribution is -0.121. The molecule has 0 saturated heterocycles. The van der Waals surface area contributed by atoms with E-state index in [-0.39, 0.29) is 47.1 Å². The van der Waals surface area contributed by atoms with Crippen molar-refractivity contribution in [3.8, 4) is 28.7 Å². The lowest BCUT2D eigenvalue weighted by Gasteiger charge is -2.24. The van der Waals surface area contributed by atoms with E-state index in [1.807, 2.05) is 12.3 Å². The number of aryl methyl sites for hydroxylation is 1. The van der Waals surface area contributed by atoms with E-state index in [4.69, 9.17) is 18.9 Å². The van der Waals surface area contributed by atoms with Gasteiger partial charge < -0.3 is 34.5 Å². The first-order valence-electron chi connectivity index (χ1n) is 15.5. The van der Waals surface area contributed by atoms with E-state index in [1.54, 1.807) is 31.2 Å². The molecule has 0 aliphatic carbocycles. The molecule has 2 atom stereocenters. The van der Waals surface area contributed by atoms with Crippen LogP contribution in [0.3, 0.4) is 0 Å². The molecule has 3 aromatic rings. The summed E-state index contributed by atoms with van der Waals surface area (Å²) in [4.78, 5) is 43.7. The Labute approximate surface area is 278 Å². The zero-order valence-corrected chi connectivity index (χ0v) is 28.2. The Hall–Kier alpha value is -4.58. The van der Waals surface area contributed by atoms with Gasteiger partial charge in [-0.2, -0.15) is 0 Å². The highest BCUT2D eigenvalue weighted by molar-refractivity contribution is 7.09. The first-order valence-corrected chi connectivity index (χ1v) is 16.4. The zero-order chi connectivity index (χ0) is 34.1. The van der Waals surface area contributed by atoms with Crippen molar-refractivity contribution in [3.05, 3.63) is 62.6 Å². The SMILES string of the molecule is COc1cc(C(CC(=O)NCc2csc(C)n2)c2c(O)cc3c(c2O)C(=O)O[C@@H](C)CCCC(=O)CCC/C=C/3)cc(OC)c1OC. The van der Waals surface area contributed by atoms with Crippen LogP contribution < -0.4 is 19.5 Å². The Bertz CT molecular complexity index is 1610. The normalized spacial score (nSPS) is 17.1. The largest absolute Gasteiger partial charge is 0.507 e. The van der Waals surface area contributed by atoms with Gasteiger partial charge >= 0.3 is 5.97 Å². The minimum atomic E-state index is -0.973. The van der Waals surface area contributed by atoms with Crippen molar-refractivity contribution in [1.29, 1.82) is 0 Å². The number of phenols is 2. The van der Waals surface area contributed by atoms with Crippen molar-refractivity contribution in [2.45, 2.75) is 77.4 Å². The van der Waals surface area contributed by atoms with Gasteiger partial charge in [0, 0.05) is 36.1 Å². The number of aromatic nitrogens is 1. The lowest BCUT2D eigenvalue weighted by atomic mass is 9.84. The van der Waals surface area contributed by atoms with Crippen molar-refractivity contribution in [3.63, 3.8) is 0 Å². The summed E-state index contributed by atoms with van der Waals surface area (Å²) in [6, 6.07) is 4.65. The number of nitrogens with one attached hydrogen (secondary N) is 1. The second-order valence-corrected chi connectivity index (χ2v) is 12.5. The van der Waals surface area contributed by atoms with E-state index in [0.29, 0.717) is 67.0 Å². The molecular weight excluding hydrogens is 624 g/mol. The number of fused-ring (bicyclic) bond motifs is 1. The van der Waals surface area contributed by atoms with Crippen LogP contribution in [0.1, 0.15) is 95.5 Å². The Balaban J connectivity index is 1.84. The summed E-state index contributed by atoms with van der Waals surface area (Å²) in [7, 11) is 4.38. The molecule has 4 rings (SSSR count). The third kappa shape index (κ3) is 8.82. The molecule has 1 unspecified atom stereocenters. The van der Waals surface area contributed by atoms with Gasteiger partial charge in [0.2, 0.25) is 11.7 Å². The van der Waals surface area contributed by atoms with Crippen LogP contribution in [0.4, 0.5) is 0 Å². The summed E-state index contributed by atoms with van der Waals surface area (Å²) in [5, 5.41) is 28.9. The molecule has 1 aliphatic heterocycles. The number of carbonyl (C=O) groups excluding carboxylic acids is 3. The van der Waals surface area contributed by atoms with E-state index >= 15 is 0 Å². The van der Waals surface area contributed by atoms with Crippen LogP contribution in [0, 0.1) is 6.92 Å². The number of ether oxygens (including phenoxy) is 4. The van der Waals surface area contributed by atoms with Crippen LogP contribution in [-0.4, -0.2) is 60.3 Å². The number of aromatic hydroxyl groups is 2. The Morgan fingerprint density at radius 2 is 1.79 bits per heavy atom. The summed E-state index contributed by atoms with van der Waals surface area (Å²) in [5.41, 5.74) is 1.23. The van der Waals surface area contributed by atoms with Crippen LogP contribution in [0.15, 0.2) is 29.7 Å². The number of methoxy groups -OCH3 is 3. The summed E-state index contributed by atoms with van der Waals surface area (Å²) in [6.45, 7) is 3.79. The molecule has 0 spiro atoms. The fourth-order valence-electron chi connectivity index (χ4n) is 5.64. The van der Waals surface area contributed by atoms with Crippen LogP contribution in [-0.2, 0) is 20.9 Å². The molecule has 0 radical (unpaired) electrons. The van der Waals surface area contributed by atoms with Gasteiger partial charge in [-0.1, -0.05) is 12.2 Å². The number of cyclic esters (lactones) is 1. The van der Waals surface area contributed by atoms with Gasteiger partial charge in [0.15, 0.2) is 11.5 Å². The van der Waals surface area contributed by atoms with Crippen LogP contribution in [0.2, 0.25) is 0 Å². The number of amides is 1. The van der Waals surface area contributed by atoms with Crippen molar-refractivity contribution in [2.24, 2.45) is 0 Å². The summed E-state index contributed by atoms with van der Waals surface area (Å²) >= 11 is 1.47. The molecule has 252 valence electrons. The number of thiazole rings is 1. The number of hydrogen-bond acceptors (Lipinski definition) is 11. The first-order chi connectivity index (χ1) is 22.6. The standard InChI is InChI=1S/C35H42N2O9S/c1-20-10-9-13-25(38)12-8-6-7-11-22-14-27(39)32(33(41)31(22)35(42)46-20)26(17-30(40)36-18-24-19-47-21(2)37-24)23-15-28(43-3)34(45-5)29(16-23)44-4/h7,11,14-16,19-20,26,39,41H,6,8-10,12-13,17-18H2,1-5H3,(H,36,40)/b11-7+/t20-,26?/m0/s1. The molecule has 11 nitrogen and oxygen atoms in total. The average Bonchev–Trinajstić information content (AvgIpc) is 3.46. The average molecular weight is 667 g/mol. The summed E-state index contributed by atoms with van der Waals surface area (Å²) in [6.07, 6.45) is 5.76. The third-order valence-corrected chi connectivity index (χ3v) is 8.83. The molecule has 0 fully saturated rings. The number of benzene rings is 2. The number of nitrogens with zero attached hydrogens (tertiary/aromatic N) is 1. The van der Waals surface area contributed by atoms with Crippen LogP contribution in [0.25, 0.3) is 6.08 Å². The van der Waals surface area contributed by atoms with Crippen molar-refractivity contribution in [2.75, 3.05) is 21.3 Å². The van der Waals surface area contributed by atoms with E-state index < -0.39 is 23.7 Å². The summed E-state index contributed by atoms with van der Waals surface area (Å²) < 4.78 is 22.3. The molecule has 12 heteroatoms. The number of rotatable bonds is 9. The highest BCUT2D eigenvalue weighted by Crippen LogP contribution is 2.47. The molecule has 2 aromatic carbocycles. The second kappa shape index (κ2) is 16.3. The van der Waals surface area contributed by atoms with Gasteiger partial charge in [-0.3, -0.25) is 9.59 Å². The van der Waals surface area contributed by atoms with Gasteiger partial charge in [0.25, 0.3) is 0 Å². The number of Topliss-reactive ketones (excluding diaryl/α,β-unsaturated/α-hetero) is 1. The first kappa shape index (κ1) is 35.3. The van der Waals surface area contributed by atoms with Gasteiger partial charge in [0.05, 0.1) is 44.7 Å². The van der Waals surface area contributed by atoms with Crippen molar-refractivity contribution >= 4 is 35.1 Å². The highest BCUT2D eigenvalue weighted by atomic mass is 32.1. The maximum absolute atomic E-state index is 13.7. The van der Waals surface area contributed by atoms with Crippen LogP contribution >= 0.6 is 11.3 Å². The Morgan fingerprint density at radius 1 is 1.09 bits per heavy atom. The van der Waals surface area contributed by atoms with Gasteiger partial charge in [-0.25, -0.2) is 9.78 Å². The van der Waals surface area contributed by atoms with Gasteiger partial charge in [-0.15, -0.1) is 11.3 Å². The molecule has 3 N–H and O–H groups in total. The fourth-order valence-corrected chi connectivity index (χ4v) is 6.26. The molecule has 1 amide bonds. The van der Waals surface area contributed by atoms with E-state index in [9.17, 15) is 24.6 Å².